The van der Waals surface area contributed by atoms with Crippen molar-refractivity contribution in [3.8, 4) is 6.07 Å². The zero-order chi connectivity index (χ0) is 16.1. The number of hydrogen-bond acceptors (Lipinski definition) is 5. The Bertz CT molecular complexity index is 765. The fraction of sp³-hybridized carbons (Fsp3) is 0.154. The van der Waals surface area contributed by atoms with E-state index >= 15 is 0 Å². The van der Waals surface area contributed by atoms with Gasteiger partial charge in [0.2, 0.25) is 5.91 Å². The molecule has 1 heterocycles. The number of benzene rings is 1. The molecule has 0 unspecified atom stereocenters. The van der Waals surface area contributed by atoms with Crippen molar-refractivity contribution in [1.29, 1.82) is 5.26 Å². The highest BCUT2D eigenvalue weighted by Gasteiger charge is 2.12. The molecule has 1 amide bonds. The second-order valence-corrected chi connectivity index (χ2v) is 5.23. The Kier molecular flexibility index (Phi) is 4.85. The summed E-state index contributed by atoms with van der Waals surface area (Å²) in [7, 11) is 0. The van der Waals surface area contributed by atoms with E-state index in [9.17, 15) is 14.9 Å². The van der Waals surface area contributed by atoms with Crippen molar-refractivity contribution < 1.29 is 9.72 Å². The number of carbonyl (C=O) groups is 1. The number of nitrogens with one attached hydrogen (secondary N) is 1. The van der Waals surface area contributed by atoms with Gasteiger partial charge in [-0.05, 0) is 22.0 Å². The number of hydrogen-bond donors (Lipinski definition) is 1. The number of nitro benzene ring substituents is 1. The Hall–Kier alpha value is -2.73. The summed E-state index contributed by atoms with van der Waals surface area (Å²) >= 11 is 3.26. The summed E-state index contributed by atoms with van der Waals surface area (Å²) in [6.45, 7) is 0.381. The maximum absolute atomic E-state index is 11.9. The summed E-state index contributed by atoms with van der Waals surface area (Å²) in [5.41, 5.74) is 0.0973. The van der Waals surface area contributed by atoms with E-state index in [1.54, 1.807) is 17.1 Å². The van der Waals surface area contributed by atoms with E-state index in [1.165, 1.54) is 12.1 Å². The van der Waals surface area contributed by atoms with E-state index in [0.717, 1.165) is 10.5 Å². The Morgan fingerprint density at radius 1 is 1.55 bits per heavy atom. The molecule has 2 rings (SSSR count). The van der Waals surface area contributed by atoms with Gasteiger partial charge in [0.25, 0.3) is 5.69 Å². The van der Waals surface area contributed by atoms with Crippen LogP contribution < -0.4 is 5.32 Å². The van der Waals surface area contributed by atoms with E-state index in [0.29, 0.717) is 6.54 Å². The Balaban J connectivity index is 2.02. The molecule has 1 aromatic heterocycles. The number of amides is 1. The summed E-state index contributed by atoms with van der Waals surface area (Å²) in [5, 5.41) is 26.3. The van der Waals surface area contributed by atoms with Gasteiger partial charge in [-0.25, -0.2) is 0 Å². The first kappa shape index (κ1) is 15.7. The molecular weight excluding hydrogens is 354 g/mol. The molecule has 0 fully saturated rings. The molecular formula is C13H10BrN5O3. The molecule has 8 nitrogen and oxygen atoms in total. The molecule has 0 saturated heterocycles. The van der Waals surface area contributed by atoms with Crippen LogP contribution in [0.2, 0.25) is 0 Å². The minimum Gasteiger partial charge on any atom is -0.325 e. The third-order valence-electron chi connectivity index (χ3n) is 2.78. The number of aromatic nitrogens is 2. The van der Waals surface area contributed by atoms with Crippen LogP contribution in [-0.4, -0.2) is 20.6 Å². The molecule has 0 aliphatic carbocycles. The molecule has 0 spiro atoms. The summed E-state index contributed by atoms with van der Waals surface area (Å²) in [5.74, 6) is -0.308. The maximum atomic E-state index is 11.9. The van der Waals surface area contributed by atoms with Gasteiger partial charge in [0.15, 0.2) is 0 Å². The first-order valence-electron chi connectivity index (χ1n) is 6.16. The zero-order valence-corrected chi connectivity index (χ0v) is 12.8. The number of nitrogens with zero attached hydrogens (tertiary/aromatic N) is 4. The van der Waals surface area contributed by atoms with Crippen molar-refractivity contribution in [1.82, 2.24) is 9.78 Å². The predicted octanol–water partition coefficient (Wildman–Crippen LogP) is 2.45. The van der Waals surface area contributed by atoms with Crippen LogP contribution in [0.3, 0.4) is 0 Å². The van der Waals surface area contributed by atoms with Gasteiger partial charge < -0.3 is 5.32 Å². The molecule has 1 N–H and O–H groups in total. The second kappa shape index (κ2) is 6.82. The fourth-order valence-corrected chi connectivity index (χ4v) is 2.06. The normalized spacial score (nSPS) is 10.0. The fourth-order valence-electron chi connectivity index (χ4n) is 1.74. The lowest BCUT2D eigenvalue weighted by Crippen LogP contribution is -2.15. The van der Waals surface area contributed by atoms with Crippen LogP contribution in [0.4, 0.5) is 11.4 Å². The Labute approximate surface area is 133 Å². The van der Waals surface area contributed by atoms with E-state index in [4.69, 9.17) is 5.26 Å². The maximum Gasteiger partial charge on any atom is 0.270 e. The van der Waals surface area contributed by atoms with Gasteiger partial charge in [0, 0.05) is 31.3 Å². The van der Waals surface area contributed by atoms with Crippen LogP contribution in [0, 0.1) is 21.4 Å². The van der Waals surface area contributed by atoms with Gasteiger partial charge in [-0.2, -0.15) is 10.4 Å². The third-order valence-corrected chi connectivity index (χ3v) is 3.19. The molecule has 1 aromatic carbocycles. The van der Waals surface area contributed by atoms with E-state index in [1.807, 2.05) is 6.07 Å². The number of rotatable bonds is 5. The zero-order valence-electron chi connectivity index (χ0n) is 11.2. The number of carbonyl (C=O) groups excluding carboxylic acids is 1. The molecule has 0 aliphatic heterocycles. The van der Waals surface area contributed by atoms with Crippen LogP contribution >= 0.6 is 15.9 Å². The van der Waals surface area contributed by atoms with Crippen molar-refractivity contribution in [2.75, 3.05) is 5.32 Å². The van der Waals surface area contributed by atoms with Gasteiger partial charge in [-0.3, -0.25) is 19.6 Å². The highest BCUT2D eigenvalue weighted by molar-refractivity contribution is 9.10. The van der Waals surface area contributed by atoms with E-state index < -0.39 is 4.92 Å². The summed E-state index contributed by atoms with van der Waals surface area (Å²) in [4.78, 5) is 21.9. The van der Waals surface area contributed by atoms with Crippen molar-refractivity contribution in [3.05, 3.63) is 50.7 Å². The number of nitriles is 1. The molecule has 2 aromatic rings. The molecule has 0 bridgehead atoms. The summed E-state index contributed by atoms with van der Waals surface area (Å²) in [6.07, 6.45) is 3.51. The van der Waals surface area contributed by atoms with Gasteiger partial charge in [-0.15, -0.1) is 0 Å². The number of halogens is 1. The third kappa shape index (κ3) is 3.89. The standard InChI is InChI=1S/C13H10BrN5O3/c14-10-7-16-18(8-10)4-3-13(20)17-12-2-1-11(19(21)22)5-9(12)6-15/h1-2,5,7-8H,3-4H2,(H,17,20). The number of nitro groups is 1. The number of aryl methyl sites for hydroxylation is 1. The van der Waals surface area contributed by atoms with Crippen molar-refractivity contribution in [2.24, 2.45) is 0 Å². The average Bonchev–Trinajstić information content (AvgIpc) is 2.91. The van der Waals surface area contributed by atoms with Crippen LogP contribution in [-0.2, 0) is 11.3 Å². The van der Waals surface area contributed by atoms with Gasteiger partial charge in [-0.1, -0.05) is 0 Å². The minimum absolute atomic E-state index is 0.0457. The highest BCUT2D eigenvalue weighted by atomic mass is 79.9. The van der Waals surface area contributed by atoms with Crippen molar-refractivity contribution >= 4 is 33.2 Å². The quantitative estimate of drug-likeness (QED) is 0.647. The van der Waals surface area contributed by atoms with Crippen LogP contribution in [0.15, 0.2) is 35.1 Å². The second-order valence-electron chi connectivity index (χ2n) is 4.32. The number of non-ortho nitro benzene ring substituents is 1. The van der Waals surface area contributed by atoms with Crippen molar-refractivity contribution in [2.45, 2.75) is 13.0 Å². The first-order valence-corrected chi connectivity index (χ1v) is 6.95. The van der Waals surface area contributed by atoms with Crippen LogP contribution in [0.5, 0.6) is 0 Å². The van der Waals surface area contributed by atoms with Crippen molar-refractivity contribution in [3.63, 3.8) is 0 Å². The lowest BCUT2D eigenvalue weighted by Gasteiger charge is -2.07. The molecule has 0 atom stereocenters. The van der Waals surface area contributed by atoms with Gasteiger partial charge >= 0.3 is 0 Å². The van der Waals surface area contributed by atoms with E-state index in [2.05, 4.69) is 26.3 Å². The first-order chi connectivity index (χ1) is 10.5. The largest absolute Gasteiger partial charge is 0.325 e. The van der Waals surface area contributed by atoms with Gasteiger partial charge in [0.1, 0.15) is 6.07 Å². The smallest absolute Gasteiger partial charge is 0.270 e. The van der Waals surface area contributed by atoms with E-state index in [-0.39, 0.29) is 29.3 Å². The Morgan fingerprint density at radius 2 is 2.32 bits per heavy atom. The molecule has 0 aliphatic rings. The number of anilines is 1. The molecule has 112 valence electrons. The molecule has 9 heteroatoms. The van der Waals surface area contributed by atoms with Gasteiger partial charge in [0.05, 0.1) is 26.8 Å². The lowest BCUT2D eigenvalue weighted by atomic mass is 10.1. The van der Waals surface area contributed by atoms with Crippen LogP contribution in [0.25, 0.3) is 0 Å². The van der Waals surface area contributed by atoms with Crippen LogP contribution in [0.1, 0.15) is 12.0 Å². The lowest BCUT2D eigenvalue weighted by molar-refractivity contribution is -0.384. The topological polar surface area (TPSA) is 114 Å². The predicted molar refractivity (Wildman–Crippen MR) is 81.0 cm³/mol. The Morgan fingerprint density at radius 3 is 2.91 bits per heavy atom. The molecule has 0 radical (unpaired) electrons. The monoisotopic (exact) mass is 363 g/mol. The SMILES string of the molecule is N#Cc1cc([N+](=O)[O-])ccc1NC(=O)CCn1cc(Br)cn1. The summed E-state index contributed by atoms with van der Waals surface area (Å²) in [6, 6.07) is 5.54. The minimum atomic E-state index is -0.595. The highest BCUT2D eigenvalue weighted by Crippen LogP contribution is 2.21. The molecule has 22 heavy (non-hydrogen) atoms. The average molecular weight is 364 g/mol. The molecule has 0 saturated carbocycles. The summed E-state index contributed by atoms with van der Waals surface area (Å²) < 4.78 is 2.42.